The number of allylic oxidation sites excluding steroid dienone is 4. The number of benzene rings is 1. The van der Waals surface area contributed by atoms with E-state index in [1.807, 2.05) is 39.8 Å². The molecule has 3 unspecified atom stereocenters. The van der Waals surface area contributed by atoms with Crippen molar-refractivity contribution in [3.05, 3.63) is 71.4 Å². The van der Waals surface area contributed by atoms with Crippen LogP contribution in [0.4, 0.5) is 0 Å². The third kappa shape index (κ3) is 3.33. The van der Waals surface area contributed by atoms with Gasteiger partial charge in [0.25, 0.3) is 0 Å². The summed E-state index contributed by atoms with van der Waals surface area (Å²) in [4.78, 5) is 4.80. The quantitative estimate of drug-likeness (QED) is 0.555. The Balaban J connectivity index is 0.000000461. The predicted octanol–water partition coefficient (Wildman–Crippen LogP) is 6.98. The Kier molecular flexibility index (Phi) is 5.61. The molecule has 0 spiro atoms. The minimum atomic E-state index is 0.324. The van der Waals surface area contributed by atoms with Gasteiger partial charge in [-0.1, -0.05) is 77.1 Å². The predicted molar refractivity (Wildman–Crippen MR) is 110 cm³/mol. The Labute approximate surface area is 157 Å². The summed E-state index contributed by atoms with van der Waals surface area (Å²) in [7, 11) is 0. The van der Waals surface area contributed by atoms with Crippen LogP contribution >= 0.6 is 0 Å². The summed E-state index contributed by atoms with van der Waals surface area (Å²) in [6.07, 6.45) is 8.19. The molecule has 2 heteroatoms. The molecule has 2 nitrogen and oxygen atoms in total. The highest BCUT2D eigenvalue weighted by molar-refractivity contribution is 5.74. The van der Waals surface area contributed by atoms with Gasteiger partial charge in [-0.2, -0.15) is 0 Å². The van der Waals surface area contributed by atoms with Gasteiger partial charge >= 0.3 is 0 Å². The Bertz CT molecular complexity index is 834. The maximum absolute atomic E-state index is 6.05. The van der Waals surface area contributed by atoms with Crippen molar-refractivity contribution in [3.63, 3.8) is 0 Å². The molecule has 3 atom stereocenters. The zero-order valence-electron chi connectivity index (χ0n) is 16.5. The zero-order valence-corrected chi connectivity index (χ0v) is 16.5. The Morgan fingerprint density at radius 2 is 1.69 bits per heavy atom. The fraction of sp³-hybridized carbons (Fsp3) is 0.375. The van der Waals surface area contributed by atoms with E-state index in [9.17, 15) is 0 Å². The van der Waals surface area contributed by atoms with Gasteiger partial charge in [-0.05, 0) is 36.0 Å². The van der Waals surface area contributed by atoms with Crippen molar-refractivity contribution in [1.82, 2.24) is 4.98 Å². The molecule has 0 radical (unpaired) electrons. The summed E-state index contributed by atoms with van der Waals surface area (Å²) in [5.41, 5.74) is 4.66. The van der Waals surface area contributed by atoms with Gasteiger partial charge in [0.2, 0.25) is 5.88 Å². The van der Waals surface area contributed by atoms with Crippen LogP contribution in [0.3, 0.4) is 0 Å². The SMILES string of the molecule is CC.CC.CC1c2ccccc2Oc2nc(C3=CC4CC4C=C3)ccc21. The molecule has 0 saturated heterocycles. The molecule has 5 rings (SSSR count). The number of pyridine rings is 1. The van der Waals surface area contributed by atoms with E-state index in [2.05, 4.69) is 49.4 Å². The van der Waals surface area contributed by atoms with E-state index in [0.29, 0.717) is 5.92 Å². The van der Waals surface area contributed by atoms with E-state index in [-0.39, 0.29) is 0 Å². The van der Waals surface area contributed by atoms with Gasteiger partial charge < -0.3 is 4.74 Å². The standard InChI is InChI=1S/C20H17NO.2C2H6/c1-12-16-4-2-3-5-19(16)22-20-17(12)8-9-18(21-20)14-7-6-13-10-15(13)11-14;2*1-2/h2-9,11-13,15H,10H2,1H3;2*1-2H3. The summed E-state index contributed by atoms with van der Waals surface area (Å²) in [6.45, 7) is 10.2. The summed E-state index contributed by atoms with van der Waals surface area (Å²) < 4.78 is 6.05. The smallest absolute Gasteiger partial charge is 0.223 e. The largest absolute Gasteiger partial charge is 0.438 e. The minimum Gasteiger partial charge on any atom is -0.438 e. The van der Waals surface area contributed by atoms with Gasteiger partial charge in [0.05, 0.1) is 5.69 Å². The van der Waals surface area contributed by atoms with Crippen molar-refractivity contribution in [2.24, 2.45) is 11.8 Å². The number of ether oxygens (including phenoxy) is 1. The van der Waals surface area contributed by atoms with Crippen LogP contribution in [0.5, 0.6) is 11.6 Å². The van der Waals surface area contributed by atoms with Crippen LogP contribution in [-0.2, 0) is 0 Å². The van der Waals surface area contributed by atoms with Gasteiger partial charge in [-0.3, -0.25) is 0 Å². The first-order valence-corrected chi connectivity index (χ1v) is 9.98. The average Bonchev–Trinajstić information content (AvgIpc) is 3.50. The fourth-order valence-corrected chi connectivity index (χ4v) is 3.56. The Morgan fingerprint density at radius 3 is 2.46 bits per heavy atom. The lowest BCUT2D eigenvalue weighted by Gasteiger charge is -2.25. The van der Waals surface area contributed by atoms with E-state index in [1.165, 1.54) is 23.1 Å². The highest BCUT2D eigenvalue weighted by Gasteiger charge is 2.35. The number of aromatic nitrogens is 1. The lowest BCUT2D eigenvalue weighted by atomic mass is 9.90. The first kappa shape index (κ1) is 18.4. The maximum atomic E-state index is 6.05. The molecule has 1 aromatic carbocycles. The first-order chi connectivity index (χ1) is 12.8. The number of hydrogen-bond donors (Lipinski definition) is 0. The fourth-order valence-electron chi connectivity index (χ4n) is 3.56. The third-order valence-corrected chi connectivity index (χ3v) is 5.05. The summed E-state index contributed by atoms with van der Waals surface area (Å²) in [5.74, 6) is 3.53. The van der Waals surface area contributed by atoms with E-state index in [1.54, 1.807) is 0 Å². The molecule has 1 aromatic heterocycles. The molecule has 1 aliphatic heterocycles. The molecular formula is C24H29NO. The number of para-hydroxylation sites is 1. The van der Waals surface area contributed by atoms with E-state index >= 15 is 0 Å². The molecular weight excluding hydrogens is 318 g/mol. The molecule has 0 amide bonds. The van der Waals surface area contributed by atoms with Gasteiger partial charge in [-0.25, -0.2) is 4.98 Å². The van der Waals surface area contributed by atoms with E-state index in [4.69, 9.17) is 9.72 Å². The van der Waals surface area contributed by atoms with Crippen molar-refractivity contribution >= 4 is 5.57 Å². The van der Waals surface area contributed by atoms with Crippen LogP contribution in [0.2, 0.25) is 0 Å². The number of hydrogen-bond acceptors (Lipinski definition) is 2. The molecule has 0 N–H and O–H groups in total. The molecule has 3 aliphatic rings. The highest BCUT2D eigenvalue weighted by atomic mass is 16.5. The second kappa shape index (κ2) is 7.90. The van der Waals surface area contributed by atoms with Crippen LogP contribution in [0, 0.1) is 11.8 Å². The van der Waals surface area contributed by atoms with Crippen LogP contribution in [0.25, 0.3) is 5.57 Å². The summed E-state index contributed by atoms with van der Waals surface area (Å²) >= 11 is 0. The maximum Gasteiger partial charge on any atom is 0.223 e. The average molecular weight is 348 g/mol. The highest BCUT2D eigenvalue weighted by Crippen LogP contribution is 2.47. The second-order valence-electron chi connectivity index (χ2n) is 6.50. The number of nitrogens with zero attached hydrogens (tertiary/aromatic N) is 1. The molecule has 1 saturated carbocycles. The lowest BCUT2D eigenvalue weighted by Crippen LogP contribution is -2.09. The van der Waals surface area contributed by atoms with Crippen LogP contribution in [-0.4, -0.2) is 4.98 Å². The zero-order chi connectivity index (χ0) is 18.7. The molecule has 1 fully saturated rings. The number of rotatable bonds is 1. The van der Waals surface area contributed by atoms with Gasteiger partial charge in [-0.15, -0.1) is 0 Å². The normalized spacial score (nSPS) is 23.4. The molecule has 26 heavy (non-hydrogen) atoms. The Hall–Kier alpha value is -2.35. The van der Waals surface area contributed by atoms with E-state index in [0.717, 1.165) is 29.2 Å². The van der Waals surface area contributed by atoms with Gasteiger partial charge in [0.1, 0.15) is 5.75 Å². The van der Waals surface area contributed by atoms with Crippen molar-refractivity contribution < 1.29 is 4.74 Å². The van der Waals surface area contributed by atoms with Crippen LogP contribution in [0.15, 0.2) is 54.6 Å². The van der Waals surface area contributed by atoms with E-state index < -0.39 is 0 Å². The second-order valence-corrected chi connectivity index (χ2v) is 6.50. The van der Waals surface area contributed by atoms with Gasteiger partial charge in [0, 0.05) is 17.0 Å². The topological polar surface area (TPSA) is 22.1 Å². The lowest BCUT2D eigenvalue weighted by molar-refractivity contribution is 0.430. The van der Waals surface area contributed by atoms with Crippen molar-refractivity contribution in [1.29, 1.82) is 0 Å². The van der Waals surface area contributed by atoms with Gasteiger partial charge in [0.15, 0.2) is 0 Å². The monoisotopic (exact) mass is 347 g/mol. The first-order valence-electron chi connectivity index (χ1n) is 9.98. The molecule has 2 aromatic rings. The summed E-state index contributed by atoms with van der Waals surface area (Å²) in [5, 5.41) is 0. The van der Waals surface area contributed by atoms with Crippen molar-refractivity contribution in [3.8, 4) is 11.6 Å². The molecule has 2 aliphatic carbocycles. The van der Waals surface area contributed by atoms with Crippen LogP contribution in [0.1, 0.15) is 63.8 Å². The number of fused-ring (bicyclic) bond motifs is 3. The molecule has 136 valence electrons. The van der Waals surface area contributed by atoms with Crippen LogP contribution < -0.4 is 4.74 Å². The summed E-state index contributed by atoms with van der Waals surface area (Å²) in [6, 6.07) is 12.5. The Morgan fingerprint density at radius 1 is 0.923 bits per heavy atom. The molecule has 2 heterocycles. The molecule has 0 bridgehead atoms. The van der Waals surface area contributed by atoms with Crippen molar-refractivity contribution in [2.75, 3.05) is 0 Å². The minimum absolute atomic E-state index is 0.324. The van der Waals surface area contributed by atoms with Crippen molar-refractivity contribution in [2.45, 2.75) is 47.0 Å². The third-order valence-electron chi connectivity index (χ3n) is 5.05.